The number of nitrogen functional groups attached to an aromatic ring is 1. The minimum Gasteiger partial charge on any atom is -0.381 e. The third-order valence-corrected chi connectivity index (χ3v) is 9.08. The first-order valence-corrected chi connectivity index (χ1v) is 14.1. The van der Waals surface area contributed by atoms with Crippen LogP contribution in [0.2, 0.25) is 0 Å². The molecular weight excluding hydrogens is 476 g/mol. The van der Waals surface area contributed by atoms with Crippen LogP contribution in [0.15, 0.2) is 12.4 Å². The highest BCUT2D eigenvalue weighted by Crippen LogP contribution is 2.42. The lowest BCUT2D eigenvalue weighted by atomic mass is 9.65. The van der Waals surface area contributed by atoms with Gasteiger partial charge in [0.2, 0.25) is 0 Å². The summed E-state index contributed by atoms with van der Waals surface area (Å²) < 4.78 is 30.8. The van der Waals surface area contributed by atoms with Crippen LogP contribution >= 0.6 is 0 Å². The molecule has 3 aliphatic rings. The Morgan fingerprint density at radius 3 is 2.46 bits per heavy atom. The van der Waals surface area contributed by atoms with Crippen molar-refractivity contribution in [2.75, 3.05) is 32.4 Å². The molecule has 37 heavy (non-hydrogen) atoms. The highest BCUT2D eigenvalue weighted by Gasteiger charge is 2.52. The van der Waals surface area contributed by atoms with Gasteiger partial charge in [-0.05, 0) is 51.7 Å². The standard InChI is InChI=1S/C27H41F2N7O/c1-35-13-9-18(10-14-35)21-20(29)16-32-27(11-7-5-3-2-4-6-8-12-27)23(21)33-26(37)22-24(30)34-36-17-19(28)15-31-25(22)36/h15,17-18,20-21,23,32H,2-14,16H2,1H3,(H2,30,34)(H,33,37). The smallest absolute Gasteiger partial charge is 0.259 e. The number of rotatable bonds is 3. The fourth-order valence-corrected chi connectivity index (χ4v) is 7.08. The lowest BCUT2D eigenvalue weighted by Gasteiger charge is -2.53. The summed E-state index contributed by atoms with van der Waals surface area (Å²) in [6, 6.07) is -0.383. The molecule has 204 valence electrons. The molecule has 8 nitrogen and oxygen atoms in total. The van der Waals surface area contributed by atoms with Crippen molar-refractivity contribution in [2.24, 2.45) is 11.8 Å². The topological polar surface area (TPSA) is 101 Å². The molecule has 0 radical (unpaired) electrons. The number of carbonyl (C=O) groups is 1. The minimum atomic E-state index is -1.05. The molecule has 3 unspecified atom stereocenters. The third kappa shape index (κ3) is 5.46. The van der Waals surface area contributed by atoms with Gasteiger partial charge in [0.15, 0.2) is 17.3 Å². The molecule has 1 spiro atoms. The van der Waals surface area contributed by atoms with Crippen LogP contribution in [0.4, 0.5) is 14.6 Å². The van der Waals surface area contributed by atoms with Crippen LogP contribution in [0, 0.1) is 17.7 Å². The molecule has 4 N–H and O–H groups in total. The Morgan fingerprint density at radius 1 is 1.14 bits per heavy atom. The monoisotopic (exact) mass is 517 g/mol. The van der Waals surface area contributed by atoms with Gasteiger partial charge in [-0.3, -0.25) is 4.79 Å². The van der Waals surface area contributed by atoms with Gasteiger partial charge in [-0.1, -0.05) is 44.9 Å². The summed E-state index contributed by atoms with van der Waals surface area (Å²) in [5.74, 6) is -1.08. The second-order valence-electron chi connectivity index (χ2n) is 11.5. The van der Waals surface area contributed by atoms with E-state index < -0.39 is 17.9 Å². The maximum Gasteiger partial charge on any atom is 0.259 e. The van der Waals surface area contributed by atoms with Gasteiger partial charge in [0.25, 0.3) is 5.91 Å². The normalized spacial score (nSPS) is 28.4. The molecule has 1 amide bonds. The average Bonchev–Trinajstić information content (AvgIpc) is 3.21. The predicted molar refractivity (Wildman–Crippen MR) is 140 cm³/mol. The number of nitrogens with two attached hydrogens (primary N) is 1. The highest BCUT2D eigenvalue weighted by molar-refractivity contribution is 6.04. The fourth-order valence-electron chi connectivity index (χ4n) is 7.08. The van der Waals surface area contributed by atoms with Gasteiger partial charge in [0.05, 0.1) is 18.4 Å². The van der Waals surface area contributed by atoms with E-state index in [1.54, 1.807) is 0 Å². The molecular formula is C27H41F2N7O. The van der Waals surface area contributed by atoms with E-state index >= 15 is 4.39 Å². The number of nitrogens with one attached hydrogen (secondary N) is 2. The molecule has 0 bridgehead atoms. The van der Waals surface area contributed by atoms with Crippen molar-refractivity contribution in [3.8, 4) is 0 Å². The zero-order valence-electron chi connectivity index (χ0n) is 21.9. The van der Waals surface area contributed by atoms with Crippen LogP contribution in [0.5, 0.6) is 0 Å². The third-order valence-electron chi connectivity index (χ3n) is 9.08. The summed E-state index contributed by atoms with van der Waals surface area (Å²) >= 11 is 0. The molecule has 3 fully saturated rings. The van der Waals surface area contributed by atoms with E-state index in [2.05, 4.69) is 32.7 Å². The highest BCUT2D eigenvalue weighted by atomic mass is 19.1. The SMILES string of the molecule is CN1CCC(C2C(F)CNC3(CCCCCCCCC3)C2NC(=O)c2c(N)nn3cc(F)cnc23)CC1. The van der Waals surface area contributed by atoms with E-state index in [0.29, 0.717) is 6.54 Å². The number of fused-ring (bicyclic) bond motifs is 1. The first-order valence-electron chi connectivity index (χ1n) is 14.1. The second-order valence-corrected chi connectivity index (χ2v) is 11.5. The number of nitrogens with zero attached hydrogens (tertiary/aromatic N) is 4. The summed E-state index contributed by atoms with van der Waals surface area (Å²) in [7, 11) is 2.11. The molecule has 2 aromatic rings. The van der Waals surface area contributed by atoms with Gasteiger partial charge in [-0.15, -0.1) is 5.10 Å². The molecule has 3 atom stereocenters. The van der Waals surface area contributed by atoms with E-state index in [4.69, 9.17) is 5.73 Å². The van der Waals surface area contributed by atoms with E-state index in [-0.39, 0.29) is 40.4 Å². The van der Waals surface area contributed by atoms with Crippen molar-refractivity contribution < 1.29 is 13.6 Å². The molecule has 1 saturated carbocycles. The summed E-state index contributed by atoms with van der Waals surface area (Å²) in [5.41, 5.74) is 6.08. The van der Waals surface area contributed by atoms with Gasteiger partial charge >= 0.3 is 0 Å². The van der Waals surface area contributed by atoms with Crippen LogP contribution in [0.25, 0.3) is 5.65 Å². The number of amides is 1. The van der Waals surface area contributed by atoms with Crippen molar-refractivity contribution in [3.63, 3.8) is 0 Å². The number of hydrogen-bond acceptors (Lipinski definition) is 6. The van der Waals surface area contributed by atoms with E-state index in [9.17, 15) is 9.18 Å². The van der Waals surface area contributed by atoms with Crippen LogP contribution in [-0.4, -0.2) is 69.8 Å². The van der Waals surface area contributed by atoms with Gasteiger partial charge in [-0.25, -0.2) is 18.3 Å². The number of carbonyl (C=O) groups excluding carboxylic acids is 1. The molecule has 2 saturated heterocycles. The number of likely N-dealkylation sites (tertiary alicyclic amines) is 1. The molecule has 10 heteroatoms. The molecule has 4 heterocycles. The maximum absolute atomic E-state index is 15.9. The Morgan fingerprint density at radius 2 is 1.78 bits per heavy atom. The number of anilines is 1. The van der Waals surface area contributed by atoms with Crippen LogP contribution in [-0.2, 0) is 0 Å². The lowest BCUT2D eigenvalue weighted by Crippen LogP contribution is -2.71. The number of hydrogen-bond donors (Lipinski definition) is 3. The summed E-state index contributed by atoms with van der Waals surface area (Å²) in [6.45, 7) is 2.19. The molecule has 5 rings (SSSR count). The van der Waals surface area contributed by atoms with Gasteiger partial charge in [0.1, 0.15) is 11.7 Å². The Labute approximate surface area is 217 Å². The Kier molecular flexibility index (Phi) is 7.95. The number of piperidine rings is 2. The second kappa shape index (κ2) is 11.2. The van der Waals surface area contributed by atoms with Crippen LogP contribution in [0.3, 0.4) is 0 Å². The van der Waals surface area contributed by atoms with E-state index in [1.165, 1.54) is 23.8 Å². The van der Waals surface area contributed by atoms with Crippen LogP contribution < -0.4 is 16.4 Å². The first kappa shape index (κ1) is 26.3. The van der Waals surface area contributed by atoms with E-state index in [1.807, 2.05) is 0 Å². The molecule has 2 aromatic heterocycles. The lowest BCUT2D eigenvalue weighted by molar-refractivity contribution is -0.00489. The predicted octanol–water partition coefficient (Wildman–Crippen LogP) is 3.71. The number of halogens is 2. The molecule has 0 aromatic carbocycles. The Balaban J connectivity index is 1.50. The van der Waals surface area contributed by atoms with Gasteiger partial charge in [0, 0.05) is 18.0 Å². The van der Waals surface area contributed by atoms with Crippen molar-refractivity contribution in [1.82, 2.24) is 30.1 Å². The van der Waals surface area contributed by atoms with Crippen LogP contribution in [0.1, 0.15) is 81.0 Å². The minimum absolute atomic E-state index is 0.00740. The van der Waals surface area contributed by atoms with Gasteiger partial charge in [-0.2, -0.15) is 0 Å². The summed E-state index contributed by atoms with van der Waals surface area (Å²) in [4.78, 5) is 20.2. The van der Waals surface area contributed by atoms with Crippen molar-refractivity contribution in [3.05, 3.63) is 23.8 Å². The molecule has 2 aliphatic heterocycles. The largest absolute Gasteiger partial charge is 0.381 e. The fraction of sp³-hybridized carbons (Fsp3) is 0.741. The maximum atomic E-state index is 15.9. The Hall–Kier alpha value is -2.33. The Bertz CT molecular complexity index is 1070. The molecule has 1 aliphatic carbocycles. The van der Waals surface area contributed by atoms with Crippen molar-refractivity contribution in [1.29, 1.82) is 0 Å². The number of aromatic nitrogens is 3. The van der Waals surface area contributed by atoms with Crippen molar-refractivity contribution >= 4 is 17.4 Å². The summed E-state index contributed by atoms with van der Waals surface area (Å²) in [5, 5.41) is 11.0. The quantitative estimate of drug-likeness (QED) is 0.574. The zero-order valence-corrected chi connectivity index (χ0v) is 21.9. The van der Waals surface area contributed by atoms with Crippen molar-refractivity contribution in [2.45, 2.75) is 88.4 Å². The number of alkyl halides is 1. The first-order chi connectivity index (χ1) is 17.9. The average molecular weight is 518 g/mol. The van der Waals surface area contributed by atoms with Gasteiger partial charge < -0.3 is 21.3 Å². The zero-order chi connectivity index (χ0) is 26.0. The summed E-state index contributed by atoms with van der Waals surface area (Å²) in [6.07, 6.45) is 12.9. The van der Waals surface area contributed by atoms with E-state index in [0.717, 1.165) is 76.8 Å².